The second-order valence-corrected chi connectivity index (χ2v) is 4.58. The van der Waals surface area contributed by atoms with E-state index >= 15 is 0 Å². The van der Waals surface area contributed by atoms with Gasteiger partial charge >= 0.3 is 0 Å². The van der Waals surface area contributed by atoms with E-state index in [9.17, 15) is 4.79 Å². The molecule has 0 radical (unpaired) electrons. The Morgan fingerprint density at radius 3 is 2.94 bits per heavy atom. The summed E-state index contributed by atoms with van der Waals surface area (Å²) in [6, 6.07) is 3.66. The first-order chi connectivity index (χ1) is 7.59. The quantitative estimate of drug-likeness (QED) is 0.811. The van der Waals surface area contributed by atoms with Gasteiger partial charge in [0.15, 0.2) is 0 Å². The smallest absolute Gasteiger partial charge is 0.226 e. The molecule has 0 aliphatic heterocycles. The van der Waals surface area contributed by atoms with Crippen LogP contribution in [0.5, 0.6) is 0 Å². The maximum absolute atomic E-state index is 11.8. The van der Waals surface area contributed by atoms with Gasteiger partial charge in [-0.1, -0.05) is 0 Å². The minimum absolute atomic E-state index is 0.0155. The maximum Gasteiger partial charge on any atom is 0.226 e. The van der Waals surface area contributed by atoms with Gasteiger partial charge < -0.3 is 11.1 Å². The van der Waals surface area contributed by atoms with Crippen LogP contribution in [0.2, 0.25) is 0 Å². The van der Waals surface area contributed by atoms with E-state index in [4.69, 9.17) is 5.73 Å². The number of aryl methyl sites for hydroxylation is 1. The molecule has 1 saturated carbocycles. The molecule has 86 valence electrons. The fourth-order valence-corrected chi connectivity index (χ4v) is 1.94. The lowest BCUT2D eigenvalue weighted by Crippen LogP contribution is -2.48. The van der Waals surface area contributed by atoms with Crippen LogP contribution in [0.3, 0.4) is 0 Å². The monoisotopic (exact) mass is 219 g/mol. The fraction of sp³-hybridized carbons (Fsp3) is 0.500. The van der Waals surface area contributed by atoms with Crippen molar-refractivity contribution in [3.8, 4) is 0 Å². The average molecular weight is 219 g/mol. The Kier molecular flexibility index (Phi) is 2.92. The van der Waals surface area contributed by atoms with Crippen molar-refractivity contribution >= 4 is 11.6 Å². The van der Waals surface area contributed by atoms with Crippen molar-refractivity contribution in [2.24, 2.45) is 5.73 Å². The number of amides is 1. The summed E-state index contributed by atoms with van der Waals surface area (Å²) in [7, 11) is 0. The van der Waals surface area contributed by atoms with E-state index in [2.05, 4.69) is 10.3 Å². The van der Waals surface area contributed by atoms with Gasteiger partial charge in [0.25, 0.3) is 0 Å². The molecule has 1 aliphatic carbocycles. The van der Waals surface area contributed by atoms with Crippen LogP contribution in [0.15, 0.2) is 18.3 Å². The van der Waals surface area contributed by atoms with Gasteiger partial charge in [-0.3, -0.25) is 9.78 Å². The molecule has 3 N–H and O–H groups in total. The topological polar surface area (TPSA) is 68.0 Å². The predicted molar refractivity (Wildman–Crippen MR) is 63.0 cm³/mol. The van der Waals surface area contributed by atoms with Gasteiger partial charge in [-0.15, -0.1) is 0 Å². The molecule has 0 bridgehead atoms. The fourth-order valence-electron chi connectivity index (χ4n) is 1.94. The third-order valence-electron chi connectivity index (χ3n) is 3.14. The Labute approximate surface area is 95.3 Å². The lowest BCUT2D eigenvalue weighted by atomic mass is 9.75. The summed E-state index contributed by atoms with van der Waals surface area (Å²) in [5.74, 6) is -0.0155. The van der Waals surface area contributed by atoms with E-state index < -0.39 is 0 Å². The summed E-state index contributed by atoms with van der Waals surface area (Å²) >= 11 is 0. The predicted octanol–water partition coefficient (Wildman–Crippen LogP) is 1.60. The normalized spacial score (nSPS) is 17.6. The third kappa shape index (κ3) is 2.39. The van der Waals surface area contributed by atoms with Crippen molar-refractivity contribution in [1.82, 2.24) is 4.98 Å². The summed E-state index contributed by atoms with van der Waals surface area (Å²) in [5, 5.41) is 2.85. The standard InChI is InChI=1S/C12H17N3O/c1-9-10(4-2-7-14-9)15-11(16)8-12(13)5-3-6-12/h2,4,7H,3,5-6,8,13H2,1H3,(H,15,16). The van der Waals surface area contributed by atoms with Crippen molar-refractivity contribution in [2.45, 2.75) is 38.1 Å². The summed E-state index contributed by atoms with van der Waals surface area (Å²) in [4.78, 5) is 15.9. The molecule has 16 heavy (non-hydrogen) atoms. The molecule has 4 nitrogen and oxygen atoms in total. The molecule has 2 rings (SSSR count). The van der Waals surface area contributed by atoms with Gasteiger partial charge in [0.05, 0.1) is 11.4 Å². The van der Waals surface area contributed by atoms with Crippen molar-refractivity contribution in [3.05, 3.63) is 24.0 Å². The first kappa shape index (κ1) is 11.1. The molecule has 1 aliphatic rings. The van der Waals surface area contributed by atoms with Crippen molar-refractivity contribution in [3.63, 3.8) is 0 Å². The molecule has 0 unspecified atom stereocenters. The number of nitrogens with one attached hydrogen (secondary N) is 1. The Morgan fingerprint density at radius 1 is 1.62 bits per heavy atom. The third-order valence-corrected chi connectivity index (χ3v) is 3.14. The lowest BCUT2D eigenvalue weighted by molar-refractivity contribution is -0.118. The highest BCUT2D eigenvalue weighted by Crippen LogP contribution is 2.32. The zero-order valence-corrected chi connectivity index (χ0v) is 9.49. The lowest BCUT2D eigenvalue weighted by Gasteiger charge is -2.37. The maximum atomic E-state index is 11.8. The number of hydrogen-bond donors (Lipinski definition) is 2. The second kappa shape index (κ2) is 4.22. The van der Waals surface area contributed by atoms with Crippen LogP contribution >= 0.6 is 0 Å². The Bertz CT molecular complexity index is 399. The van der Waals surface area contributed by atoms with E-state index in [-0.39, 0.29) is 11.4 Å². The van der Waals surface area contributed by atoms with Crippen molar-refractivity contribution in [1.29, 1.82) is 0 Å². The van der Waals surface area contributed by atoms with Crippen LogP contribution < -0.4 is 11.1 Å². The van der Waals surface area contributed by atoms with Crippen molar-refractivity contribution in [2.75, 3.05) is 5.32 Å². The van der Waals surface area contributed by atoms with Gasteiger partial charge in [0, 0.05) is 18.2 Å². The Morgan fingerprint density at radius 2 is 2.38 bits per heavy atom. The molecule has 0 spiro atoms. The molecular weight excluding hydrogens is 202 g/mol. The number of pyridine rings is 1. The summed E-state index contributed by atoms with van der Waals surface area (Å²) in [5.41, 5.74) is 7.36. The first-order valence-corrected chi connectivity index (χ1v) is 5.59. The number of nitrogens with two attached hydrogens (primary N) is 1. The number of carbonyl (C=O) groups is 1. The van der Waals surface area contributed by atoms with E-state index in [1.54, 1.807) is 6.20 Å². The van der Waals surface area contributed by atoms with E-state index in [0.29, 0.717) is 6.42 Å². The first-order valence-electron chi connectivity index (χ1n) is 5.59. The summed E-state index contributed by atoms with van der Waals surface area (Å²) in [6.07, 6.45) is 5.15. The number of rotatable bonds is 3. The van der Waals surface area contributed by atoms with Crippen LogP contribution in [-0.4, -0.2) is 16.4 Å². The molecule has 1 aromatic rings. The van der Waals surface area contributed by atoms with E-state index in [0.717, 1.165) is 30.6 Å². The summed E-state index contributed by atoms with van der Waals surface area (Å²) in [6.45, 7) is 1.87. The molecule has 1 aromatic heterocycles. The number of nitrogens with zero attached hydrogens (tertiary/aromatic N) is 1. The van der Waals surface area contributed by atoms with E-state index in [1.165, 1.54) is 0 Å². The highest BCUT2D eigenvalue weighted by molar-refractivity contribution is 5.92. The van der Waals surface area contributed by atoms with Gasteiger partial charge in [-0.05, 0) is 38.3 Å². The molecule has 0 aromatic carbocycles. The zero-order chi connectivity index (χ0) is 11.6. The molecular formula is C12H17N3O. The molecule has 1 heterocycles. The largest absolute Gasteiger partial charge is 0.325 e. The Hall–Kier alpha value is -1.42. The number of anilines is 1. The van der Waals surface area contributed by atoms with Gasteiger partial charge in [0.2, 0.25) is 5.91 Å². The minimum atomic E-state index is -0.264. The highest BCUT2D eigenvalue weighted by atomic mass is 16.1. The van der Waals surface area contributed by atoms with E-state index in [1.807, 2.05) is 19.1 Å². The van der Waals surface area contributed by atoms with Crippen molar-refractivity contribution < 1.29 is 4.79 Å². The molecule has 0 saturated heterocycles. The minimum Gasteiger partial charge on any atom is -0.325 e. The number of hydrogen-bond acceptors (Lipinski definition) is 3. The van der Waals surface area contributed by atoms with Crippen LogP contribution in [-0.2, 0) is 4.79 Å². The van der Waals surface area contributed by atoms with Crippen LogP contribution in [0.4, 0.5) is 5.69 Å². The van der Waals surface area contributed by atoms with Crippen LogP contribution in [0.25, 0.3) is 0 Å². The molecule has 0 atom stereocenters. The summed E-state index contributed by atoms with van der Waals surface area (Å²) < 4.78 is 0. The van der Waals surface area contributed by atoms with Crippen LogP contribution in [0.1, 0.15) is 31.4 Å². The van der Waals surface area contributed by atoms with Crippen LogP contribution in [0, 0.1) is 6.92 Å². The highest BCUT2D eigenvalue weighted by Gasteiger charge is 2.34. The Balaban J connectivity index is 1.95. The number of carbonyl (C=O) groups excluding carboxylic acids is 1. The zero-order valence-electron chi connectivity index (χ0n) is 9.49. The number of aromatic nitrogens is 1. The molecule has 1 fully saturated rings. The average Bonchev–Trinajstić information content (AvgIpc) is 2.19. The van der Waals surface area contributed by atoms with Gasteiger partial charge in [-0.25, -0.2) is 0 Å². The van der Waals surface area contributed by atoms with Gasteiger partial charge in [-0.2, -0.15) is 0 Å². The molecule has 4 heteroatoms. The second-order valence-electron chi connectivity index (χ2n) is 4.58. The SMILES string of the molecule is Cc1ncccc1NC(=O)CC1(N)CCC1. The molecule has 1 amide bonds. The van der Waals surface area contributed by atoms with Gasteiger partial charge in [0.1, 0.15) is 0 Å².